The Balaban J connectivity index is 2.24. The third-order valence-electron chi connectivity index (χ3n) is 4.37. The summed E-state index contributed by atoms with van der Waals surface area (Å²) in [7, 11) is 0. The van der Waals surface area contributed by atoms with Gasteiger partial charge in [-0.25, -0.2) is 0 Å². The number of cyclic esters (lactones) is 1. The first-order valence-electron chi connectivity index (χ1n) is 8.07. The minimum atomic E-state index is -4.41. The molecule has 1 heterocycles. The van der Waals surface area contributed by atoms with E-state index in [0.717, 1.165) is 32.2 Å². The van der Waals surface area contributed by atoms with E-state index in [1.165, 1.54) is 12.1 Å². The van der Waals surface area contributed by atoms with Crippen LogP contribution in [0.15, 0.2) is 57.0 Å². The molecule has 1 fully saturated rings. The summed E-state index contributed by atoms with van der Waals surface area (Å²) >= 11 is 6.88. The van der Waals surface area contributed by atoms with Gasteiger partial charge in [-0.1, -0.05) is 44.0 Å². The molecular weight excluding hydrogens is 489 g/mol. The number of carbonyl (C=O) groups excluding carboxylic acids is 1. The first-order chi connectivity index (χ1) is 12.5. The highest BCUT2D eigenvalue weighted by atomic mass is 79.9. The second-order valence-electron chi connectivity index (χ2n) is 6.75. The standard InChI is InChI=1S/C20H15Br2F3O2/c1-19(2)16(10-17(26)27-19)18(12-7-14(21)9-15(22)8-12)11-3-5-13(6-4-11)20(23,24)25/h3-9H,10H2,1-2H3. The van der Waals surface area contributed by atoms with Crippen LogP contribution in [-0.4, -0.2) is 11.6 Å². The lowest BCUT2D eigenvalue weighted by Gasteiger charge is -2.23. The molecule has 0 atom stereocenters. The molecule has 2 aromatic carbocycles. The maximum atomic E-state index is 12.9. The van der Waals surface area contributed by atoms with E-state index in [1.54, 1.807) is 13.8 Å². The molecule has 0 amide bonds. The molecule has 0 saturated carbocycles. The van der Waals surface area contributed by atoms with Crippen molar-refractivity contribution in [2.24, 2.45) is 0 Å². The molecule has 1 aliphatic heterocycles. The largest absolute Gasteiger partial charge is 0.455 e. The zero-order valence-corrected chi connectivity index (χ0v) is 17.6. The van der Waals surface area contributed by atoms with Gasteiger partial charge in [0.1, 0.15) is 5.60 Å². The highest BCUT2D eigenvalue weighted by Crippen LogP contribution is 2.42. The number of ether oxygens (including phenoxy) is 1. The number of hydrogen-bond donors (Lipinski definition) is 0. The van der Waals surface area contributed by atoms with Crippen molar-refractivity contribution in [3.63, 3.8) is 0 Å². The lowest BCUT2D eigenvalue weighted by atomic mass is 9.85. The summed E-state index contributed by atoms with van der Waals surface area (Å²) in [5, 5.41) is 0. The summed E-state index contributed by atoms with van der Waals surface area (Å²) < 4.78 is 45.8. The van der Waals surface area contributed by atoms with Gasteiger partial charge in [0.2, 0.25) is 0 Å². The van der Waals surface area contributed by atoms with Gasteiger partial charge in [-0.15, -0.1) is 0 Å². The van der Waals surface area contributed by atoms with Crippen LogP contribution < -0.4 is 0 Å². The SMILES string of the molecule is CC1(C)OC(=O)CC1=C(c1ccc(C(F)(F)F)cc1)c1cc(Br)cc(Br)c1. The second-order valence-corrected chi connectivity index (χ2v) is 8.58. The van der Waals surface area contributed by atoms with E-state index in [2.05, 4.69) is 31.9 Å². The topological polar surface area (TPSA) is 26.3 Å². The van der Waals surface area contributed by atoms with Crippen molar-refractivity contribution in [1.82, 2.24) is 0 Å². The van der Waals surface area contributed by atoms with Gasteiger partial charge in [0.05, 0.1) is 12.0 Å². The molecule has 3 rings (SSSR count). The van der Waals surface area contributed by atoms with Gasteiger partial charge >= 0.3 is 12.1 Å². The van der Waals surface area contributed by atoms with Crippen molar-refractivity contribution in [2.75, 3.05) is 0 Å². The van der Waals surface area contributed by atoms with Crippen LogP contribution in [0.3, 0.4) is 0 Å². The molecule has 0 N–H and O–H groups in total. The fourth-order valence-corrected chi connectivity index (χ4v) is 4.46. The van der Waals surface area contributed by atoms with Crippen molar-refractivity contribution in [1.29, 1.82) is 0 Å². The minimum Gasteiger partial charge on any atom is -0.455 e. The molecule has 2 aromatic rings. The van der Waals surface area contributed by atoms with Crippen molar-refractivity contribution in [2.45, 2.75) is 32.0 Å². The summed E-state index contributed by atoms with van der Waals surface area (Å²) in [6, 6.07) is 10.5. The number of carbonyl (C=O) groups is 1. The molecule has 0 bridgehead atoms. The number of benzene rings is 2. The third-order valence-corrected chi connectivity index (χ3v) is 5.29. The summed E-state index contributed by atoms with van der Waals surface area (Å²) in [6.07, 6.45) is -4.32. The van der Waals surface area contributed by atoms with Crippen molar-refractivity contribution < 1.29 is 22.7 Å². The first kappa shape index (κ1) is 20.1. The Labute approximate surface area is 171 Å². The molecule has 7 heteroatoms. The van der Waals surface area contributed by atoms with E-state index in [9.17, 15) is 18.0 Å². The molecule has 27 heavy (non-hydrogen) atoms. The summed E-state index contributed by atoms with van der Waals surface area (Å²) in [4.78, 5) is 11.9. The van der Waals surface area contributed by atoms with Crippen LogP contribution in [0.25, 0.3) is 5.57 Å². The van der Waals surface area contributed by atoms with Crippen molar-refractivity contribution in [3.8, 4) is 0 Å². The number of esters is 1. The minimum absolute atomic E-state index is 0.0908. The molecule has 0 radical (unpaired) electrons. The Bertz CT molecular complexity index is 909. The van der Waals surface area contributed by atoms with Gasteiger partial charge in [-0.05, 0) is 66.5 Å². The fourth-order valence-electron chi connectivity index (χ4n) is 3.17. The van der Waals surface area contributed by atoms with Crippen molar-refractivity contribution >= 4 is 43.4 Å². The van der Waals surface area contributed by atoms with Crippen molar-refractivity contribution in [3.05, 3.63) is 73.7 Å². The predicted octanol–water partition coefficient (Wildman–Crippen LogP) is 6.76. The van der Waals surface area contributed by atoms with Crippen LogP contribution in [0, 0.1) is 0 Å². The molecule has 1 aliphatic rings. The summed E-state index contributed by atoms with van der Waals surface area (Å²) in [6.45, 7) is 3.56. The Hall–Kier alpha value is -1.60. The molecule has 0 aromatic heterocycles. The fraction of sp³-hybridized carbons (Fsp3) is 0.250. The Morgan fingerprint density at radius 1 is 1.00 bits per heavy atom. The number of hydrogen-bond acceptors (Lipinski definition) is 2. The van der Waals surface area contributed by atoms with Gasteiger partial charge in [0.25, 0.3) is 0 Å². The van der Waals surface area contributed by atoms with Crippen LogP contribution in [0.1, 0.15) is 37.0 Å². The Morgan fingerprint density at radius 2 is 1.56 bits per heavy atom. The average molecular weight is 504 g/mol. The maximum Gasteiger partial charge on any atom is 0.416 e. The highest BCUT2D eigenvalue weighted by molar-refractivity contribution is 9.11. The average Bonchev–Trinajstić information content (AvgIpc) is 2.79. The van der Waals surface area contributed by atoms with E-state index in [0.29, 0.717) is 11.1 Å². The predicted molar refractivity (Wildman–Crippen MR) is 104 cm³/mol. The van der Waals surface area contributed by atoms with Gasteiger partial charge < -0.3 is 4.74 Å². The number of halogens is 5. The summed E-state index contributed by atoms with van der Waals surface area (Å²) in [5.74, 6) is -0.353. The quantitative estimate of drug-likeness (QED) is 0.423. The smallest absolute Gasteiger partial charge is 0.416 e. The molecular formula is C20H15Br2F3O2. The molecule has 2 nitrogen and oxygen atoms in total. The van der Waals surface area contributed by atoms with Crippen LogP contribution in [-0.2, 0) is 15.7 Å². The zero-order valence-electron chi connectivity index (χ0n) is 14.5. The normalized spacial score (nSPS) is 18.4. The van der Waals surface area contributed by atoms with E-state index >= 15 is 0 Å². The molecule has 0 aliphatic carbocycles. The first-order valence-corrected chi connectivity index (χ1v) is 9.65. The maximum absolute atomic E-state index is 12.9. The van der Waals surface area contributed by atoms with Gasteiger partial charge in [0, 0.05) is 8.95 Å². The van der Waals surface area contributed by atoms with Gasteiger partial charge in [-0.3, -0.25) is 4.79 Å². The number of alkyl halides is 3. The zero-order chi connectivity index (χ0) is 20.0. The van der Waals surface area contributed by atoms with E-state index in [4.69, 9.17) is 4.74 Å². The van der Waals surface area contributed by atoms with E-state index < -0.39 is 17.3 Å². The number of rotatable bonds is 2. The van der Waals surface area contributed by atoms with Crippen LogP contribution >= 0.6 is 31.9 Å². The van der Waals surface area contributed by atoms with Gasteiger partial charge in [-0.2, -0.15) is 13.2 Å². The second kappa shape index (κ2) is 7.09. The van der Waals surface area contributed by atoms with Crippen LogP contribution in [0.5, 0.6) is 0 Å². The molecule has 0 spiro atoms. The monoisotopic (exact) mass is 502 g/mol. The van der Waals surface area contributed by atoms with Crippen LogP contribution in [0.2, 0.25) is 0 Å². The Kier molecular flexibility index (Phi) is 5.29. The lowest BCUT2D eigenvalue weighted by Crippen LogP contribution is -2.21. The van der Waals surface area contributed by atoms with E-state index in [1.807, 2.05) is 18.2 Å². The van der Waals surface area contributed by atoms with E-state index in [-0.39, 0.29) is 12.4 Å². The van der Waals surface area contributed by atoms with Gasteiger partial charge in [0.15, 0.2) is 0 Å². The summed E-state index contributed by atoms with van der Waals surface area (Å²) in [5.41, 5.74) is 1.24. The lowest BCUT2D eigenvalue weighted by molar-refractivity contribution is -0.145. The molecule has 1 saturated heterocycles. The van der Waals surface area contributed by atoms with Crippen LogP contribution in [0.4, 0.5) is 13.2 Å². The third kappa shape index (κ3) is 4.29. The Morgan fingerprint density at radius 3 is 2.00 bits per heavy atom. The molecule has 0 unspecified atom stereocenters. The molecule has 142 valence electrons. The highest BCUT2D eigenvalue weighted by Gasteiger charge is 2.39.